The summed E-state index contributed by atoms with van der Waals surface area (Å²) < 4.78 is 0. The number of hydrogen-bond acceptors (Lipinski definition) is 2. The zero-order valence-corrected chi connectivity index (χ0v) is 7.69. The Hall–Kier alpha value is -1.64. The number of ketones is 1. The lowest BCUT2D eigenvalue weighted by atomic mass is 9.94. The number of rotatable bonds is 3. The Labute approximate surface area is 81.9 Å². The Bertz CT molecular complexity index is 380. The van der Waals surface area contributed by atoms with Crippen molar-refractivity contribution in [1.82, 2.24) is 0 Å². The Balaban J connectivity index is 2.30. The minimum Gasteiger partial charge on any atom is -0.369 e. The van der Waals surface area contributed by atoms with Crippen molar-refractivity contribution in [3.05, 3.63) is 35.9 Å². The maximum atomic E-state index is 11.9. The summed E-state index contributed by atoms with van der Waals surface area (Å²) in [4.78, 5) is 23.0. The highest BCUT2D eigenvalue weighted by molar-refractivity contribution is 6.15. The molecule has 0 heterocycles. The number of primary amides is 1. The maximum Gasteiger partial charge on any atom is 0.231 e. The molecule has 2 rings (SSSR count). The van der Waals surface area contributed by atoms with Crippen LogP contribution in [0.15, 0.2) is 30.3 Å². The third kappa shape index (κ3) is 1.21. The number of Topliss-reactive ketones (excluding diaryl/α,β-unsaturated/α-hetero) is 1. The summed E-state index contributed by atoms with van der Waals surface area (Å²) in [6.45, 7) is 0. The van der Waals surface area contributed by atoms with Gasteiger partial charge >= 0.3 is 0 Å². The van der Waals surface area contributed by atoms with Crippen molar-refractivity contribution < 1.29 is 9.59 Å². The van der Waals surface area contributed by atoms with Gasteiger partial charge in [-0.25, -0.2) is 0 Å². The molecule has 1 amide bonds. The van der Waals surface area contributed by atoms with Crippen LogP contribution in [0, 0.1) is 5.41 Å². The predicted molar refractivity (Wildman–Crippen MR) is 51.6 cm³/mol. The number of hydrogen-bond donors (Lipinski definition) is 1. The molecule has 0 saturated heterocycles. The summed E-state index contributed by atoms with van der Waals surface area (Å²) in [7, 11) is 0. The van der Waals surface area contributed by atoms with E-state index in [2.05, 4.69) is 0 Å². The van der Waals surface area contributed by atoms with E-state index < -0.39 is 11.3 Å². The molecule has 1 aromatic carbocycles. The van der Waals surface area contributed by atoms with Crippen molar-refractivity contribution in [3.63, 3.8) is 0 Å². The fourth-order valence-corrected chi connectivity index (χ4v) is 1.58. The van der Waals surface area contributed by atoms with Gasteiger partial charge in [-0.05, 0) is 12.8 Å². The standard InChI is InChI=1S/C11H11NO2/c12-10(14)11(6-7-11)9(13)8-4-2-1-3-5-8/h1-5H,6-7H2,(H2,12,14). The molecule has 1 fully saturated rings. The lowest BCUT2D eigenvalue weighted by Gasteiger charge is -2.08. The van der Waals surface area contributed by atoms with E-state index in [0.29, 0.717) is 18.4 Å². The van der Waals surface area contributed by atoms with Gasteiger partial charge in [-0.15, -0.1) is 0 Å². The average molecular weight is 189 g/mol. The van der Waals surface area contributed by atoms with Gasteiger partial charge < -0.3 is 5.73 Å². The molecule has 0 radical (unpaired) electrons. The van der Waals surface area contributed by atoms with Crippen molar-refractivity contribution >= 4 is 11.7 Å². The Morgan fingerprint density at radius 2 is 1.71 bits per heavy atom. The molecule has 14 heavy (non-hydrogen) atoms. The number of carbonyl (C=O) groups excluding carboxylic acids is 2. The third-order valence-corrected chi connectivity index (χ3v) is 2.69. The van der Waals surface area contributed by atoms with Crippen LogP contribution in [-0.2, 0) is 4.79 Å². The molecule has 0 bridgehead atoms. The quantitative estimate of drug-likeness (QED) is 0.572. The average Bonchev–Trinajstić information content (AvgIpc) is 2.99. The smallest absolute Gasteiger partial charge is 0.231 e. The summed E-state index contributed by atoms with van der Waals surface area (Å²) in [6.07, 6.45) is 1.19. The SMILES string of the molecule is NC(=O)C1(C(=O)c2ccccc2)CC1. The highest BCUT2D eigenvalue weighted by atomic mass is 16.2. The van der Waals surface area contributed by atoms with Gasteiger partial charge in [0.05, 0.1) is 0 Å². The lowest BCUT2D eigenvalue weighted by Crippen LogP contribution is -2.32. The zero-order chi connectivity index (χ0) is 10.2. The van der Waals surface area contributed by atoms with E-state index in [1.54, 1.807) is 24.3 Å². The number of nitrogens with two attached hydrogens (primary N) is 1. The largest absolute Gasteiger partial charge is 0.369 e. The fraction of sp³-hybridized carbons (Fsp3) is 0.273. The van der Waals surface area contributed by atoms with Crippen LogP contribution < -0.4 is 5.73 Å². The van der Waals surface area contributed by atoms with Gasteiger partial charge in [-0.3, -0.25) is 9.59 Å². The number of amides is 1. The normalized spacial score (nSPS) is 17.4. The second-order valence-corrected chi connectivity index (χ2v) is 3.64. The molecule has 3 nitrogen and oxygen atoms in total. The molecular formula is C11H11NO2. The van der Waals surface area contributed by atoms with E-state index in [1.165, 1.54) is 0 Å². The monoisotopic (exact) mass is 189 g/mol. The first-order valence-corrected chi connectivity index (χ1v) is 4.56. The van der Waals surface area contributed by atoms with Crippen molar-refractivity contribution in [3.8, 4) is 0 Å². The molecule has 0 spiro atoms. The topological polar surface area (TPSA) is 60.2 Å². The highest BCUT2D eigenvalue weighted by Gasteiger charge is 2.55. The zero-order valence-electron chi connectivity index (χ0n) is 7.69. The lowest BCUT2D eigenvalue weighted by molar-refractivity contribution is -0.121. The van der Waals surface area contributed by atoms with Crippen molar-refractivity contribution in [2.45, 2.75) is 12.8 Å². The van der Waals surface area contributed by atoms with Crippen molar-refractivity contribution in [1.29, 1.82) is 0 Å². The van der Waals surface area contributed by atoms with Crippen LogP contribution in [-0.4, -0.2) is 11.7 Å². The molecule has 2 N–H and O–H groups in total. The van der Waals surface area contributed by atoms with Gasteiger partial charge in [-0.1, -0.05) is 30.3 Å². The molecule has 1 aliphatic rings. The van der Waals surface area contributed by atoms with E-state index in [4.69, 9.17) is 5.73 Å². The predicted octanol–water partition coefficient (Wildman–Crippen LogP) is 1.13. The molecule has 0 aromatic heterocycles. The van der Waals surface area contributed by atoms with Gasteiger partial charge in [0.25, 0.3) is 0 Å². The number of benzene rings is 1. The highest BCUT2D eigenvalue weighted by Crippen LogP contribution is 2.47. The van der Waals surface area contributed by atoms with Gasteiger partial charge in [0.15, 0.2) is 5.78 Å². The van der Waals surface area contributed by atoms with E-state index in [1.807, 2.05) is 6.07 Å². The van der Waals surface area contributed by atoms with Gasteiger partial charge in [0.2, 0.25) is 5.91 Å². The molecule has 1 aromatic rings. The van der Waals surface area contributed by atoms with Gasteiger partial charge in [0, 0.05) is 5.56 Å². The third-order valence-electron chi connectivity index (χ3n) is 2.69. The van der Waals surface area contributed by atoms with Crippen molar-refractivity contribution in [2.24, 2.45) is 11.1 Å². The Morgan fingerprint density at radius 3 is 2.14 bits per heavy atom. The van der Waals surface area contributed by atoms with Crippen molar-refractivity contribution in [2.75, 3.05) is 0 Å². The molecule has 0 aliphatic heterocycles. The van der Waals surface area contributed by atoms with Crippen LogP contribution >= 0.6 is 0 Å². The van der Waals surface area contributed by atoms with Crippen LogP contribution in [0.4, 0.5) is 0 Å². The van der Waals surface area contributed by atoms with E-state index in [-0.39, 0.29) is 5.78 Å². The minimum atomic E-state index is -0.888. The first-order valence-electron chi connectivity index (χ1n) is 4.56. The molecule has 72 valence electrons. The summed E-state index contributed by atoms with van der Waals surface area (Å²) in [6, 6.07) is 8.83. The van der Waals surface area contributed by atoms with E-state index >= 15 is 0 Å². The maximum absolute atomic E-state index is 11.9. The fourth-order valence-electron chi connectivity index (χ4n) is 1.58. The summed E-state index contributed by atoms with van der Waals surface area (Å²) in [5.41, 5.74) is 4.90. The van der Waals surface area contributed by atoms with Crippen LogP contribution in [0.25, 0.3) is 0 Å². The van der Waals surface area contributed by atoms with Gasteiger partial charge in [0.1, 0.15) is 5.41 Å². The Kier molecular flexibility index (Phi) is 1.88. The van der Waals surface area contributed by atoms with Gasteiger partial charge in [-0.2, -0.15) is 0 Å². The first-order chi connectivity index (χ1) is 6.67. The van der Waals surface area contributed by atoms with Crippen LogP contribution in [0.3, 0.4) is 0 Å². The van der Waals surface area contributed by atoms with Crippen LogP contribution in [0.2, 0.25) is 0 Å². The van der Waals surface area contributed by atoms with Crippen LogP contribution in [0.5, 0.6) is 0 Å². The molecule has 0 unspecified atom stereocenters. The van der Waals surface area contributed by atoms with Crippen LogP contribution in [0.1, 0.15) is 23.2 Å². The summed E-state index contributed by atoms with van der Waals surface area (Å²) >= 11 is 0. The van der Waals surface area contributed by atoms with E-state index in [0.717, 1.165) is 0 Å². The number of carbonyl (C=O) groups is 2. The van der Waals surface area contributed by atoms with E-state index in [9.17, 15) is 9.59 Å². The molecule has 3 heteroatoms. The molecule has 1 saturated carbocycles. The minimum absolute atomic E-state index is 0.134. The molecular weight excluding hydrogens is 178 g/mol. The first kappa shape index (κ1) is 8.94. The molecule has 0 atom stereocenters. The Morgan fingerprint density at radius 1 is 1.14 bits per heavy atom. The summed E-state index contributed by atoms with van der Waals surface area (Å²) in [5, 5.41) is 0. The summed E-state index contributed by atoms with van der Waals surface area (Å²) in [5.74, 6) is -0.628. The second kappa shape index (κ2) is 2.94. The molecule has 1 aliphatic carbocycles. The second-order valence-electron chi connectivity index (χ2n) is 3.64.